The minimum Gasteiger partial charge on any atom is -0.440 e. The van der Waals surface area contributed by atoms with Crippen LogP contribution < -0.4 is 10.1 Å². The Bertz CT molecular complexity index is 1490. The Morgan fingerprint density at radius 3 is 2.52 bits per heavy atom. The first-order valence-electron chi connectivity index (χ1n) is 12.9. The summed E-state index contributed by atoms with van der Waals surface area (Å²) in [5.74, 6) is 1.07. The summed E-state index contributed by atoms with van der Waals surface area (Å²) in [6.07, 6.45) is 7.73. The van der Waals surface area contributed by atoms with E-state index in [1.807, 2.05) is 6.07 Å². The van der Waals surface area contributed by atoms with Crippen LogP contribution in [0.5, 0.6) is 5.75 Å². The lowest BCUT2D eigenvalue weighted by Crippen LogP contribution is -2.31. The number of carbonyl (C=O) groups is 2. The highest BCUT2D eigenvalue weighted by Crippen LogP contribution is 2.29. The Balaban J connectivity index is 1.22. The highest BCUT2D eigenvalue weighted by atomic mass is 19.4. The summed E-state index contributed by atoms with van der Waals surface area (Å²) < 4.78 is 49.1. The second-order valence-corrected chi connectivity index (χ2v) is 9.00. The number of carbonyl (C=O) groups excluding carboxylic acids is 2. The molecule has 0 atom stereocenters. The largest absolute Gasteiger partial charge is 0.440 e. The molecule has 8 nitrogen and oxygen atoms in total. The maximum absolute atomic E-state index is 12.7. The van der Waals surface area contributed by atoms with E-state index in [-0.39, 0.29) is 18.2 Å². The maximum Gasteiger partial charge on any atom is 0.424 e. The molecule has 1 N–H and O–H groups in total. The van der Waals surface area contributed by atoms with Crippen molar-refractivity contribution in [2.45, 2.75) is 31.9 Å². The van der Waals surface area contributed by atoms with Crippen LogP contribution in [0, 0.1) is 0 Å². The summed E-state index contributed by atoms with van der Waals surface area (Å²) in [6, 6.07) is 13.4. The van der Waals surface area contributed by atoms with Gasteiger partial charge in [-0.3, -0.25) is 4.79 Å². The smallest absolute Gasteiger partial charge is 0.424 e. The molecule has 0 radical (unpaired) electrons. The predicted molar refractivity (Wildman–Crippen MR) is 152 cm³/mol. The van der Waals surface area contributed by atoms with E-state index in [9.17, 15) is 22.8 Å². The molecule has 1 aliphatic heterocycles. The molecule has 2 aromatic rings. The number of allylic oxidation sites excluding steroid dienone is 4. The standard InChI is InChI=1S/C31H27F3N4O4/c1-22(35-21-36-28-11-6-20-38(28)30(40)42-26-8-3-2-4-9-26)41-27-10-5-7-25(17-18-27)37-29(39)19-14-23-12-15-24(16-13-23)31(32,33)34/h2-4,6-10,12-13,15-18,20-21H,1,5,11,14,19H2,(H,37,39)/b35-21-,36-28+. The van der Waals surface area contributed by atoms with Crippen LogP contribution in [-0.4, -0.2) is 29.1 Å². The molecule has 42 heavy (non-hydrogen) atoms. The minimum absolute atomic E-state index is 0.0589. The molecule has 0 saturated carbocycles. The van der Waals surface area contributed by atoms with Crippen molar-refractivity contribution in [2.24, 2.45) is 9.98 Å². The van der Waals surface area contributed by atoms with Crippen molar-refractivity contribution in [2.75, 3.05) is 0 Å². The monoisotopic (exact) mass is 576 g/mol. The summed E-state index contributed by atoms with van der Waals surface area (Å²) in [4.78, 5) is 34.4. The van der Waals surface area contributed by atoms with Gasteiger partial charge in [-0.25, -0.2) is 19.7 Å². The van der Waals surface area contributed by atoms with Crippen molar-refractivity contribution < 1.29 is 32.2 Å². The molecule has 0 unspecified atom stereocenters. The summed E-state index contributed by atoms with van der Waals surface area (Å²) in [7, 11) is 0. The van der Waals surface area contributed by atoms with Crippen LogP contribution in [0.4, 0.5) is 18.0 Å². The van der Waals surface area contributed by atoms with Gasteiger partial charge in [-0.1, -0.05) is 42.5 Å². The highest BCUT2D eigenvalue weighted by Gasteiger charge is 2.30. The minimum atomic E-state index is -4.40. The number of nitrogens with zero attached hydrogens (tertiary/aromatic N) is 3. The summed E-state index contributed by atoms with van der Waals surface area (Å²) in [5, 5.41) is 2.78. The van der Waals surface area contributed by atoms with Crippen LogP contribution in [0.2, 0.25) is 0 Å². The van der Waals surface area contributed by atoms with E-state index in [4.69, 9.17) is 9.47 Å². The van der Waals surface area contributed by atoms with E-state index in [0.29, 0.717) is 47.9 Å². The first kappa shape index (κ1) is 29.8. The molecule has 11 heteroatoms. The van der Waals surface area contributed by atoms with Crippen molar-refractivity contribution in [3.63, 3.8) is 0 Å². The quantitative estimate of drug-likeness (QED) is 0.202. The third kappa shape index (κ3) is 8.91. The second-order valence-electron chi connectivity index (χ2n) is 9.00. The van der Waals surface area contributed by atoms with Gasteiger partial charge >= 0.3 is 12.3 Å². The van der Waals surface area contributed by atoms with Crippen LogP contribution >= 0.6 is 0 Å². The Kier molecular flexibility index (Phi) is 9.88. The second kappa shape index (κ2) is 13.9. The highest BCUT2D eigenvalue weighted by molar-refractivity contribution is 6.02. The Labute approximate surface area is 240 Å². The summed E-state index contributed by atoms with van der Waals surface area (Å²) in [5.41, 5.74) is 0.462. The number of benzene rings is 2. The zero-order valence-corrected chi connectivity index (χ0v) is 22.4. The molecule has 216 valence electrons. The first-order chi connectivity index (χ1) is 20.2. The Morgan fingerprint density at radius 1 is 1.02 bits per heavy atom. The maximum atomic E-state index is 12.7. The zero-order valence-electron chi connectivity index (χ0n) is 22.4. The molecular formula is C31H27F3N4O4. The first-order valence-corrected chi connectivity index (χ1v) is 12.9. The van der Waals surface area contributed by atoms with E-state index in [2.05, 4.69) is 21.9 Å². The number of amidine groups is 1. The number of rotatable bonds is 9. The average molecular weight is 577 g/mol. The van der Waals surface area contributed by atoms with E-state index < -0.39 is 17.8 Å². The fourth-order valence-electron chi connectivity index (χ4n) is 3.81. The van der Waals surface area contributed by atoms with E-state index in [1.54, 1.807) is 60.8 Å². The molecule has 2 aromatic carbocycles. The van der Waals surface area contributed by atoms with Gasteiger partial charge in [-0.2, -0.15) is 13.2 Å². The van der Waals surface area contributed by atoms with Crippen LogP contribution in [0.15, 0.2) is 125 Å². The number of halogens is 3. The van der Waals surface area contributed by atoms with Crippen molar-refractivity contribution >= 4 is 24.2 Å². The molecule has 0 saturated heterocycles. The number of aryl methyl sites for hydroxylation is 1. The van der Waals surface area contributed by atoms with Crippen molar-refractivity contribution in [3.8, 4) is 5.75 Å². The zero-order chi connectivity index (χ0) is 30.0. The van der Waals surface area contributed by atoms with Crippen molar-refractivity contribution in [1.29, 1.82) is 0 Å². The van der Waals surface area contributed by atoms with E-state index in [0.717, 1.165) is 12.1 Å². The van der Waals surface area contributed by atoms with Crippen LogP contribution in [0.3, 0.4) is 0 Å². The van der Waals surface area contributed by atoms with Gasteiger partial charge in [-0.15, -0.1) is 0 Å². The van der Waals surface area contributed by atoms with Crippen molar-refractivity contribution in [3.05, 3.63) is 126 Å². The lowest BCUT2D eigenvalue weighted by atomic mass is 10.1. The van der Waals surface area contributed by atoms with Crippen LogP contribution in [-0.2, 0) is 22.1 Å². The summed E-state index contributed by atoms with van der Waals surface area (Å²) in [6.45, 7) is 3.76. The van der Waals surface area contributed by atoms with Gasteiger partial charge < -0.3 is 14.8 Å². The predicted octanol–water partition coefficient (Wildman–Crippen LogP) is 6.81. The third-order valence-corrected chi connectivity index (χ3v) is 5.91. The average Bonchev–Trinajstić information content (AvgIpc) is 3.33. The van der Waals surface area contributed by atoms with E-state index in [1.165, 1.54) is 23.4 Å². The lowest BCUT2D eigenvalue weighted by molar-refractivity contribution is -0.137. The number of para-hydroxylation sites is 1. The summed E-state index contributed by atoms with van der Waals surface area (Å²) >= 11 is 0. The molecule has 0 bridgehead atoms. The van der Waals surface area contributed by atoms with Gasteiger partial charge in [0.15, 0.2) is 0 Å². The lowest BCUT2D eigenvalue weighted by Gasteiger charge is -2.14. The molecule has 2 aliphatic rings. The van der Waals surface area contributed by atoms with E-state index >= 15 is 0 Å². The SMILES string of the molecule is C=C(/N=C\N=C1/CC=CN1C(=O)Oc1ccccc1)OC1=CCC=C(NC(=O)CCc2ccc(C(F)(F)F)cc2)C=C1. The van der Waals surface area contributed by atoms with Gasteiger partial charge in [0, 0.05) is 24.7 Å². The number of hydrogen-bond acceptors (Lipinski definition) is 5. The van der Waals surface area contributed by atoms with Crippen molar-refractivity contribution in [1.82, 2.24) is 10.2 Å². The molecule has 0 spiro atoms. The Hall–Kier alpha value is -5.19. The topological polar surface area (TPSA) is 92.6 Å². The third-order valence-electron chi connectivity index (χ3n) is 5.91. The number of ether oxygens (including phenoxy) is 2. The molecule has 0 fully saturated rings. The number of alkyl halides is 3. The number of hydrogen-bond donors (Lipinski definition) is 1. The molecule has 4 rings (SSSR count). The van der Waals surface area contributed by atoms with Gasteiger partial charge in [0.2, 0.25) is 11.8 Å². The normalized spacial score (nSPS) is 15.8. The molecule has 1 aliphatic carbocycles. The molecule has 1 heterocycles. The van der Waals surface area contributed by atoms with Crippen LogP contribution in [0.25, 0.3) is 0 Å². The van der Waals surface area contributed by atoms with Gasteiger partial charge in [-0.05, 0) is 67.5 Å². The number of amides is 2. The fraction of sp³-hybridized carbons (Fsp3) is 0.161. The van der Waals surface area contributed by atoms with Crippen LogP contribution in [0.1, 0.15) is 30.4 Å². The number of aliphatic imine (C=N–C) groups is 2. The van der Waals surface area contributed by atoms with Gasteiger partial charge in [0.05, 0.1) is 5.56 Å². The molecule has 0 aromatic heterocycles. The Morgan fingerprint density at radius 2 is 1.79 bits per heavy atom. The molecular weight excluding hydrogens is 549 g/mol. The van der Waals surface area contributed by atoms with Gasteiger partial charge in [0.25, 0.3) is 0 Å². The fourth-order valence-corrected chi connectivity index (χ4v) is 3.81. The number of nitrogens with one attached hydrogen (secondary N) is 1. The van der Waals surface area contributed by atoms with Gasteiger partial charge in [0.1, 0.15) is 23.7 Å². The molecule has 2 amide bonds.